The first-order valence-electron chi connectivity index (χ1n) is 9.15. The summed E-state index contributed by atoms with van der Waals surface area (Å²) in [5, 5.41) is 8.35. The third-order valence-corrected chi connectivity index (χ3v) is 4.91. The van der Waals surface area contributed by atoms with E-state index in [9.17, 15) is 4.79 Å². The molecule has 27 heavy (non-hydrogen) atoms. The number of fused-ring (bicyclic) bond motifs is 1. The van der Waals surface area contributed by atoms with E-state index in [0.29, 0.717) is 17.4 Å². The molecular weight excluding hydrogens is 344 g/mol. The molecule has 140 valence electrons. The zero-order chi connectivity index (χ0) is 19.0. The summed E-state index contributed by atoms with van der Waals surface area (Å²) in [6.07, 6.45) is 4.05. The van der Waals surface area contributed by atoms with Crippen molar-refractivity contribution in [2.45, 2.75) is 33.2 Å². The van der Waals surface area contributed by atoms with E-state index >= 15 is 0 Å². The Morgan fingerprint density at radius 3 is 2.93 bits per heavy atom. The molecule has 3 aromatic heterocycles. The second-order valence-electron chi connectivity index (χ2n) is 6.85. The number of pyridine rings is 1. The van der Waals surface area contributed by atoms with Gasteiger partial charge in [-0.15, -0.1) is 0 Å². The molecule has 0 bridgehead atoms. The zero-order valence-corrected chi connectivity index (χ0v) is 15.8. The number of aromatic nitrogens is 5. The van der Waals surface area contributed by atoms with Crippen LogP contribution >= 0.6 is 0 Å². The SMILES string of the molecule is CCCN1CCc2c(cnc(C)c2-c2noc(-c3ccc(=O)n(C)n3)n2)C1. The number of nitrogens with zero attached hydrogens (tertiary/aromatic N) is 6. The van der Waals surface area contributed by atoms with Crippen molar-refractivity contribution in [2.75, 3.05) is 13.1 Å². The third-order valence-electron chi connectivity index (χ3n) is 4.91. The summed E-state index contributed by atoms with van der Waals surface area (Å²) in [6.45, 7) is 7.17. The lowest BCUT2D eigenvalue weighted by Gasteiger charge is -2.29. The van der Waals surface area contributed by atoms with Crippen LogP contribution < -0.4 is 5.56 Å². The summed E-state index contributed by atoms with van der Waals surface area (Å²) in [5.41, 5.74) is 4.59. The fourth-order valence-electron chi connectivity index (χ4n) is 3.56. The van der Waals surface area contributed by atoms with Crippen molar-refractivity contribution in [3.63, 3.8) is 0 Å². The minimum atomic E-state index is -0.188. The maximum Gasteiger partial charge on any atom is 0.278 e. The highest BCUT2D eigenvalue weighted by molar-refractivity contribution is 5.66. The van der Waals surface area contributed by atoms with Crippen LogP contribution in [0.25, 0.3) is 23.0 Å². The van der Waals surface area contributed by atoms with Gasteiger partial charge in [0.05, 0.1) is 0 Å². The van der Waals surface area contributed by atoms with E-state index in [1.807, 2.05) is 13.1 Å². The van der Waals surface area contributed by atoms with E-state index in [0.717, 1.165) is 43.7 Å². The van der Waals surface area contributed by atoms with Gasteiger partial charge in [0.2, 0.25) is 5.82 Å². The summed E-state index contributed by atoms with van der Waals surface area (Å²) in [4.78, 5) is 23.1. The van der Waals surface area contributed by atoms with Crippen LogP contribution in [0.4, 0.5) is 0 Å². The Kier molecular flexibility index (Phi) is 4.57. The molecule has 3 aromatic rings. The fourth-order valence-corrected chi connectivity index (χ4v) is 3.56. The quantitative estimate of drug-likeness (QED) is 0.697. The normalized spacial score (nSPS) is 14.3. The Hall–Kier alpha value is -2.87. The number of hydrogen-bond acceptors (Lipinski definition) is 7. The average Bonchev–Trinajstić information content (AvgIpc) is 3.14. The number of hydrogen-bond donors (Lipinski definition) is 0. The Labute approximate surface area is 156 Å². The predicted octanol–water partition coefficient (Wildman–Crippen LogP) is 1.97. The Morgan fingerprint density at radius 2 is 2.15 bits per heavy atom. The van der Waals surface area contributed by atoms with Gasteiger partial charge in [0.15, 0.2) is 0 Å². The van der Waals surface area contributed by atoms with E-state index in [4.69, 9.17) is 4.52 Å². The molecule has 0 amide bonds. The summed E-state index contributed by atoms with van der Waals surface area (Å²) < 4.78 is 6.68. The van der Waals surface area contributed by atoms with Gasteiger partial charge in [-0.25, -0.2) is 4.68 Å². The van der Waals surface area contributed by atoms with Crippen molar-refractivity contribution in [2.24, 2.45) is 7.05 Å². The van der Waals surface area contributed by atoms with Gasteiger partial charge >= 0.3 is 0 Å². The standard InChI is InChI=1S/C19H22N6O2/c1-4-8-25-9-7-14-13(11-25)10-20-12(2)17(14)18-21-19(27-23-18)15-5-6-16(26)24(3)22-15/h5-6,10H,4,7-9,11H2,1-3H3. The van der Waals surface area contributed by atoms with Crippen molar-refractivity contribution >= 4 is 0 Å². The van der Waals surface area contributed by atoms with E-state index in [1.54, 1.807) is 13.1 Å². The van der Waals surface area contributed by atoms with Gasteiger partial charge < -0.3 is 4.52 Å². The molecule has 0 radical (unpaired) electrons. The molecule has 0 saturated heterocycles. The second kappa shape index (κ2) is 7.03. The van der Waals surface area contributed by atoms with Gasteiger partial charge in [0, 0.05) is 43.7 Å². The van der Waals surface area contributed by atoms with Crippen LogP contribution in [0, 0.1) is 6.92 Å². The molecule has 1 aliphatic heterocycles. The Balaban J connectivity index is 1.72. The van der Waals surface area contributed by atoms with Crippen LogP contribution in [0.3, 0.4) is 0 Å². The van der Waals surface area contributed by atoms with Gasteiger partial charge in [-0.2, -0.15) is 10.1 Å². The maximum absolute atomic E-state index is 11.5. The number of aryl methyl sites for hydroxylation is 2. The summed E-state index contributed by atoms with van der Waals surface area (Å²) in [6, 6.07) is 3.03. The highest BCUT2D eigenvalue weighted by atomic mass is 16.5. The predicted molar refractivity (Wildman–Crippen MR) is 100 cm³/mol. The first kappa shape index (κ1) is 17.5. The van der Waals surface area contributed by atoms with Crippen molar-refractivity contribution < 1.29 is 4.52 Å². The largest absolute Gasteiger partial charge is 0.332 e. The molecule has 4 heterocycles. The van der Waals surface area contributed by atoms with Crippen LogP contribution in [0.1, 0.15) is 30.2 Å². The molecular formula is C19H22N6O2. The molecule has 0 atom stereocenters. The molecule has 0 N–H and O–H groups in total. The molecule has 0 spiro atoms. The molecule has 0 unspecified atom stereocenters. The maximum atomic E-state index is 11.5. The Bertz CT molecular complexity index is 1040. The summed E-state index contributed by atoms with van der Waals surface area (Å²) >= 11 is 0. The highest BCUT2D eigenvalue weighted by Gasteiger charge is 2.24. The zero-order valence-electron chi connectivity index (χ0n) is 15.8. The van der Waals surface area contributed by atoms with Gasteiger partial charge in [-0.3, -0.25) is 14.7 Å². The molecule has 1 aliphatic rings. The molecule has 0 saturated carbocycles. The van der Waals surface area contributed by atoms with Crippen LogP contribution in [-0.2, 0) is 20.0 Å². The smallest absolute Gasteiger partial charge is 0.278 e. The third kappa shape index (κ3) is 3.28. The van der Waals surface area contributed by atoms with Crippen molar-refractivity contribution in [3.8, 4) is 23.0 Å². The Morgan fingerprint density at radius 1 is 1.30 bits per heavy atom. The van der Waals surface area contributed by atoms with Gasteiger partial charge in [-0.1, -0.05) is 12.1 Å². The van der Waals surface area contributed by atoms with Crippen LogP contribution in [0.2, 0.25) is 0 Å². The van der Waals surface area contributed by atoms with Crippen molar-refractivity contribution in [1.29, 1.82) is 0 Å². The lowest BCUT2D eigenvalue weighted by Crippen LogP contribution is -2.31. The second-order valence-corrected chi connectivity index (χ2v) is 6.85. The molecule has 4 rings (SSSR count). The molecule has 0 aromatic carbocycles. The molecule has 8 nitrogen and oxygen atoms in total. The first-order valence-corrected chi connectivity index (χ1v) is 9.15. The minimum Gasteiger partial charge on any atom is -0.332 e. The first-order chi connectivity index (χ1) is 13.1. The highest BCUT2D eigenvalue weighted by Crippen LogP contribution is 2.31. The number of rotatable bonds is 4. The average molecular weight is 366 g/mol. The van der Waals surface area contributed by atoms with E-state index in [-0.39, 0.29) is 5.56 Å². The summed E-state index contributed by atoms with van der Waals surface area (Å²) in [5.74, 6) is 0.812. The summed E-state index contributed by atoms with van der Waals surface area (Å²) in [7, 11) is 1.59. The van der Waals surface area contributed by atoms with Crippen LogP contribution in [0.5, 0.6) is 0 Å². The lowest BCUT2D eigenvalue weighted by atomic mass is 9.94. The van der Waals surface area contributed by atoms with Crippen LogP contribution in [-0.4, -0.2) is 42.9 Å². The molecule has 0 fully saturated rings. The lowest BCUT2D eigenvalue weighted by molar-refractivity contribution is 0.254. The van der Waals surface area contributed by atoms with E-state index < -0.39 is 0 Å². The minimum absolute atomic E-state index is 0.188. The van der Waals surface area contributed by atoms with Crippen molar-refractivity contribution in [3.05, 3.63) is 45.5 Å². The van der Waals surface area contributed by atoms with Crippen molar-refractivity contribution in [1.82, 2.24) is 29.8 Å². The van der Waals surface area contributed by atoms with Gasteiger partial charge in [0.1, 0.15) is 5.69 Å². The monoisotopic (exact) mass is 366 g/mol. The van der Waals surface area contributed by atoms with E-state index in [2.05, 4.69) is 32.0 Å². The molecule has 0 aliphatic carbocycles. The fraction of sp³-hybridized carbons (Fsp3) is 0.421. The van der Waals surface area contributed by atoms with E-state index in [1.165, 1.54) is 21.9 Å². The van der Waals surface area contributed by atoms with Gasteiger partial charge in [0.25, 0.3) is 11.4 Å². The topological polar surface area (TPSA) is 89.9 Å². The molecule has 8 heteroatoms. The van der Waals surface area contributed by atoms with Crippen LogP contribution in [0.15, 0.2) is 27.6 Å². The van der Waals surface area contributed by atoms with Gasteiger partial charge in [-0.05, 0) is 43.5 Å².